The number of benzene rings is 2. The van der Waals surface area contributed by atoms with E-state index in [1.54, 1.807) is 32.9 Å². The first-order valence-corrected chi connectivity index (χ1v) is 8.29. The second-order valence-electron chi connectivity index (χ2n) is 7.35. The predicted octanol–water partition coefficient (Wildman–Crippen LogP) is 4.31. The van der Waals surface area contributed by atoms with Crippen LogP contribution in [0.1, 0.15) is 52.6 Å². The van der Waals surface area contributed by atoms with Gasteiger partial charge in [-0.1, -0.05) is 17.2 Å². The van der Waals surface area contributed by atoms with Gasteiger partial charge in [0.25, 0.3) is 11.8 Å². The molecule has 0 heterocycles. The number of nitrogens with one attached hydrogen (secondary N) is 1. The maximum absolute atomic E-state index is 13.9. The van der Waals surface area contributed by atoms with Gasteiger partial charge in [-0.2, -0.15) is 0 Å². The molecule has 144 valence electrons. The summed E-state index contributed by atoms with van der Waals surface area (Å²) in [6, 6.07) is 6.70. The summed E-state index contributed by atoms with van der Waals surface area (Å²) >= 11 is 0. The summed E-state index contributed by atoms with van der Waals surface area (Å²) in [4.78, 5) is 25.4. The fourth-order valence-corrected chi connectivity index (χ4v) is 2.61. The van der Waals surface area contributed by atoms with E-state index in [9.17, 15) is 22.8 Å². The van der Waals surface area contributed by atoms with E-state index >= 15 is 0 Å². The number of carbonyl (C=O) groups is 2. The van der Waals surface area contributed by atoms with Crippen LogP contribution in [0.15, 0.2) is 30.3 Å². The lowest BCUT2D eigenvalue weighted by atomic mass is 10.0. The highest BCUT2D eigenvalue weighted by Gasteiger charge is 2.31. The highest BCUT2D eigenvalue weighted by molar-refractivity contribution is 5.99. The van der Waals surface area contributed by atoms with Gasteiger partial charge in [-0.25, -0.2) is 18.2 Å². The van der Waals surface area contributed by atoms with Crippen molar-refractivity contribution in [1.29, 1.82) is 0 Å². The number of aryl methyl sites for hydroxylation is 2. The zero-order valence-corrected chi connectivity index (χ0v) is 15.8. The van der Waals surface area contributed by atoms with Crippen molar-refractivity contribution in [1.82, 2.24) is 10.4 Å². The molecule has 2 aromatic carbocycles. The van der Waals surface area contributed by atoms with Crippen molar-refractivity contribution >= 4 is 11.8 Å². The number of nitrogens with zero attached hydrogens (tertiary/aromatic N) is 1. The van der Waals surface area contributed by atoms with Gasteiger partial charge in [-0.15, -0.1) is 0 Å². The normalized spacial score (nSPS) is 11.3. The molecule has 27 heavy (non-hydrogen) atoms. The predicted molar refractivity (Wildman–Crippen MR) is 95.6 cm³/mol. The number of hydrazine groups is 1. The van der Waals surface area contributed by atoms with E-state index in [4.69, 9.17) is 0 Å². The molecule has 4 nitrogen and oxygen atoms in total. The van der Waals surface area contributed by atoms with Crippen LogP contribution in [-0.4, -0.2) is 22.4 Å². The molecule has 2 aromatic rings. The quantitative estimate of drug-likeness (QED) is 0.626. The fourth-order valence-electron chi connectivity index (χ4n) is 2.61. The smallest absolute Gasteiger partial charge is 0.267 e. The Balaban J connectivity index is 2.39. The van der Waals surface area contributed by atoms with Gasteiger partial charge in [0.15, 0.2) is 17.5 Å². The van der Waals surface area contributed by atoms with Gasteiger partial charge < -0.3 is 0 Å². The van der Waals surface area contributed by atoms with Gasteiger partial charge in [0, 0.05) is 5.56 Å². The Hall–Kier alpha value is -2.83. The third-order valence-corrected chi connectivity index (χ3v) is 3.84. The molecule has 0 atom stereocenters. The van der Waals surface area contributed by atoms with Gasteiger partial charge in [0.2, 0.25) is 0 Å². The minimum atomic E-state index is -1.74. The first-order valence-electron chi connectivity index (χ1n) is 8.29. The maximum Gasteiger partial charge on any atom is 0.272 e. The van der Waals surface area contributed by atoms with E-state index in [0.717, 1.165) is 22.2 Å². The largest absolute Gasteiger partial charge is 0.272 e. The Labute approximate surface area is 156 Å². The summed E-state index contributed by atoms with van der Waals surface area (Å²) in [5.74, 6) is -6.32. The number of amides is 2. The van der Waals surface area contributed by atoms with Gasteiger partial charge >= 0.3 is 0 Å². The number of hydrogen-bond acceptors (Lipinski definition) is 2. The summed E-state index contributed by atoms with van der Waals surface area (Å²) in [5, 5.41) is 1.05. The molecular weight excluding hydrogens is 357 g/mol. The molecule has 0 aliphatic heterocycles. The maximum atomic E-state index is 13.9. The standard InChI is InChI=1S/C20H21F3N2O2/c1-11-8-12(2)10-13(9-11)19(27)25(20(3,4)5)24-18(26)14-6-7-15(21)17(23)16(14)22/h6-10H,1-5H3,(H,24,26). The van der Waals surface area contributed by atoms with Crippen LogP contribution in [0, 0.1) is 31.3 Å². The van der Waals surface area contributed by atoms with Gasteiger partial charge in [0.05, 0.1) is 11.1 Å². The van der Waals surface area contributed by atoms with Crippen LogP contribution in [0.25, 0.3) is 0 Å². The molecule has 2 amide bonds. The summed E-state index contributed by atoms with van der Waals surface area (Å²) in [7, 11) is 0. The average molecular weight is 378 g/mol. The van der Waals surface area contributed by atoms with Gasteiger partial charge in [-0.3, -0.25) is 15.0 Å². The van der Waals surface area contributed by atoms with Crippen LogP contribution in [0.5, 0.6) is 0 Å². The summed E-state index contributed by atoms with van der Waals surface area (Å²) < 4.78 is 40.4. The molecule has 2 rings (SSSR count). The Bertz CT molecular complexity index is 885. The zero-order valence-electron chi connectivity index (χ0n) is 15.8. The molecule has 0 saturated heterocycles. The molecule has 0 radical (unpaired) electrons. The average Bonchev–Trinajstić information content (AvgIpc) is 2.55. The Morgan fingerprint density at radius 3 is 2.00 bits per heavy atom. The summed E-state index contributed by atoms with van der Waals surface area (Å²) in [5.41, 5.74) is 2.83. The van der Waals surface area contributed by atoms with Gasteiger partial charge in [0.1, 0.15) is 0 Å². The number of rotatable bonds is 2. The van der Waals surface area contributed by atoms with Crippen molar-refractivity contribution in [3.63, 3.8) is 0 Å². The van der Waals surface area contributed by atoms with Crippen molar-refractivity contribution in [3.05, 3.63) is 70.0 Å². The van der Waals surface area contributed by atoms with Crippen molar-refractivity contribution in [2.75, 3.05) is 0 Å². The molecule has 0 aliphatic carbocycles. The minimum absolute atomic E-state index is 0.341. The van der Waals surface area contributed by atoms with E-state index in [0.29, 0.717) is 11.6 Å². The molecule has 1 N–H and O–H groups in total. The Kier molecular flexibility index (Phi) is 5.63. The lowest BCUT2D eigenvalue weighted by molar-refractivity contribution is 0.0356. The molecular formula is C20H21F3N2O2. The van der Waals surface area contributed by atoms with Crippen LogP contribution in [0.2, 0.25) is 0 Å². The number of carbonyl (C=O) groups excluding carboxylic acids is 2. The second-order valence-corrected chi connectivity index (χ2v) is 7.35. The fraction of sp³-hybridized carbons (Fsp3) is 0.300. The van der Waals surface area contributed by atoms with Crippen LogP contribution in [0.4, 0.5) is 13.2 Å². The number of hydrogen-bond donors (Lipinski definition) is 1. The molecule has 0 fully saturated rings. The van der Waals surface area contributed by atoms with Crippen molar-refractivity contribution in [2.45, 2.75) is 40.2 Å². The SMILES string of the molecule is Cc1cc(C)cc(C(=O)N(NC(=O)c2ccc(F)c(F)c2F)C(C)(C)C)c1. The second kappa shape index (κ2) is 7.42. The molecule has 7 heteroatoms. The molecule has 0 spiro atoms. The molecule has 0 aliphatic rings. The molecule has 0 unspecified atom stereocenters. The Morgan fingerprint density at radius 2 is 1.48 bits per heavy atom. The highest BCUT2D eigenvalue weighted by atomic mass is 19.2. The van der Waals surface area contributed by atoms with Crippen LogP contribution in [0.3, 0.4) is 0 Å². The third kappa shape index (κ3) is 4.48. The van der Waals surface area contributed by atoms with E-state index < -0.39 is 40.4 Å². The number of halogens is 3. The van der Waals surface area contributed by atoms with E-state index in [2.05, 4.69) is 5.43 Å². The molecule has 0 bridgehead atoms. The first-order chi connectivity index (χ1) is 12.4. The first kappa shape index (κ1) is 20.5. The monoisotopic (exact) mass is 378 g/mol. The van der Waals surface area contributed by atoms with Crippen LogP contribution < -0.4 is 5.43 Å². The van der Waals surface area contributed by atoms with Crippen molar-refractivity contribution < 1.29 is 22.8 Å². The van der Waals surface area contributed by atoms with E-state index in [1.807, 2.05) is 19.9 Å². The Morgan fingerprint density at radius 1 is 0.926 bits per heavy atom. The minimum Gasteiger partial charge on any atom is -0.267 e. The summed E-state index contributed by atoms with van der Waals surface area (Å²) in [6.07, 6.45) is 0. The van der Waals surface area contributed by atoms with Gasteiger partial charge in [-0.05, 0) is 58.9 Å². The van der Waals surface area contributed by atoms with Crippen LogP contribution in [-0.2, 0) is 0 Å². The zero-order chi connectivity index (χ0) is 20.5. The summed E-state index contributed by atoms with van der Waals surface area (Å²) in [6.45, 7) is 8.70. The topological polar surface area (TPSA) is 49.4 Å². The lowest BCUT2D eigenvalue weighted by Crippen LogP contribution is -2.56. The van der Waals surface area contributed by atoms with Crippen molar-refractivity contribution in [3.8, 4) is 0 Å². The van der Waals surface area contributed by atoms with Crippen LogP contribution >= 0.6 is 0 Å². The highest BCUT2D eigenvalue weighted by Crippen LogP contribution is 2.19. The van der Waals surface area contributed by atoms with E-state index in [-0.39, 0.29) is 0 Å². The molecule has 0 saturated carbocycles. The van der Waals surface area contributed by atoms with Crippen molar-refractivity contribution in [2.24, 2.45) is 0 Å². The lowest BCUT2D eigenvalue weighted by Gasteiger charge is -2.35. The third-order valence-electron chi connectivity index (χ3n) is 3.84. The van der Waals surface area contributed by atoms with E-state index in [1.165, 1.54) is 0 Å². The molecule has 0 aromatic heterocycles.